The minimum absolute atomic E-state index is 0.434. The maximum absolute atomic E-state index is 11.0. The van der Waals surface area contributed by atoms with E-state index in [-0.39, 0.29) is 0 Å². The van der Waals surface area contributed by atoms with E-state index in [1.165, 1.54) is 0 Å². The lowest BCUT2D eigenvalue weighted by Crippen LogP contribution is -2.28. The first-order valence-corrected chi connectivity index (χ1v) is 4.85. The molecule has 80 valence electrons. The van der Waals surface area contributed by atoms with E-state index < -0.39 is 12.0 Å². The predicted octanol–water partition coefficient (Wildman–Crippen LogP) is 2.24. The monoisotopic (exact) mass is 225 g/mol. The minimum Gasteiger partial charge on any atom is -0.480 e. The Morgan fingerprint density at radius 3 is 2.93 bits per heavy atom. The molecule has 2 N–H and O–H groups in total. The van der Waals surface area contributed by atoms with E-state index in [4.69, 9.17) is 16.7 Å². The maximum Gasteiger partial charge on any atom is 0.325 e. The van der Waals surface area contributed by atoms with Crippen LogP contribution in [0.5, 0.6) is 0 Å². The van der Waals surface area contributed by atoms with E-state index in [9.17, 15) is 4.79 Å². The Balaban J connectivity index is 2.88. The van der Waals surface area contributed by atoms with Gasteiger partial charge in [0, 0.05) is 11.6 Å². The minimum atomic E-state index is -0.931. The molecule has 0 amide bonds. The molecule has 0 aliphatic rings. The lowest BCUT2D eigenvalue weighted by atomic mass is 10.1. The molecule has 1 aromatic rings. The van der Waals surface area contributed by atoms with Crippen molar-refractivity contribution in [1.82, 2.24) is 5.32 Å². The second-order valence-electron chi connectivity index (χ2n) is 3.02. The summed E-state index contributed by atoms with van der Waals surface area (Å²) in [5, 5.41) is 12.4. The summed E-state index contributed by atoms with van der Waals surface area (Å²) in [6, 6.07) is 6.04. The molecule has 1 rings (SSSR count). The van der Waals surface area contributed by atoms with Crippen LogP contribution < -0.4 is 5.32 Å². The molecule has 0 aliphatic heterocycles. The normalized spacial score (nSPS) is 12.1. The number of hydrogen-bond acceptors (Lipinski definition) is 2. The Labute approximate surface area is 93.4 Å². The van der Waals surface area contributed by atoms with Crippen LogP contribution in [0.1, 0.15) is 11.6 Å². The topological polar surface area (TPSA) is 49.3 Å². The van der Waals surface area contributed by atoms with E-state index >= 15 is 0 Å². The number of halogens is 1. The van der Waals surface area contributed by atoms with Gasteiger partial charge >= 0.3 is 5.97 Å². The molecule has 0 bridgehead atoms. The molecule has 1 unspecified atom stereocenters. The third-order valence-corrected chi connectivity index (χ3v) is 2.13. The molecule has 1 atom stereocenters. The number of hydrogen-bond donors (Lipinski definition) is 2. The number of carboxylic acid groups (broad SMARTS) is 1. The molecule has 0 aromatic heterocycles. The molecule has 15 heavy (non-hydrogen) atoms. The number of aliphatic carboxylic acids is 1. The second kappa shape index (κ2) is 5.53. The zero-order chi connectivity index (χ0) is 11.3. The molecular formula is C11H12ClNO2. The Morgan fingerprint density at radius 1 is 1.67 bits per heavy atom. The summed E-state index contributed by atoms with van der Waals surface area (Å²) >= 11 is 5.79. The summed E-state index contributed by atoms with van der Waals surface area (Å²) < 4.78 is 0. The molecule has 1 aromatic carbocycles. The molecule has 0 aliphatic carbocycles. The quantitative estimate of drug-likeness (QED) is 0.756. The van der Waals surface area contributed by atoms with E-state index in [0.29, 0.717) is 17.1 Å². The smallest absolute Gasteiger partial charge is 0.325 e. The van der Waals surface area contributed by atoms with Crippen molar-refractivity contribution in [2.24, 2.45) is 0 Å². The van der Waals surface area contributed by atoms with Gasteiger partial charge in [0.25, 0.3) is 0 Å². The molecule has 0 radical (unpaired) electrons. The fourth-order valence-electron chi connectivity index (χ4n) is 1.24. The lowest BCUT2D eigenvalue weighted by Gasteiger charge is -2.13. The summed E-state index contributed by atoms with van der Waals surface area (Å²) in [6.45, 7) is 3.96. The van der Waals surface area contributed by atoms with Crippen LogP contribution in [-0.2, 0) is 4.79 Å². The van der Waals surface area contributed by atoms with E-state index in [1.54, 1.807) is 30.3 Å². The molecule has 0 fully saturated rings. The summed E-state index contributed by atoms with van der Waals surface area (Å²) in [6.07, 6.45) is 1.61. The Hall–Kier alpha value is -1.32. The number of carboxylic acids is 1. The first-order chi connectivity index (χ1) is 7.15. The fraction of sp³-hybridized carbons (Fsp3) is 0.182. The standard InChI is InChI=1S/C11H12ClNO2/c1-2-6-13-10(11(14)15)8-4-3-5-9(12)7-8/h2-5,7,10,13H,1,6H2,(H,14,15). The van der Waals surface area contributed by atoms with E-state index in [2.05, 4.69) is 11.9 Å². The van der Waals surface area contributed by atoms with Gasteiger partial charge in [0.15, 0.2) is 0 Å². The highest BCUT2D eigenvalue weighted by atomic mass is 35.5. The highest BCUT2D eigenvalue weighted by molar-refractivity contribution is 6.30. The van der Waals surface area contributed by atoms with Gasteiger partial charge in [0.05, 0.1) is 0 Å². The van der Waals surface area contributed by atoms with Crippen molar-refractivity contribution in [3.8, 4) is 0 Å². The Kier molecular flexibility index (Phi) is 4.34. The van der Waals surface area contributed by atoms with Crippen LogP contribution in [0.4, 0.5) is 0 Å². The van der Waals surface area contributed by atoms with Crippen LogP contribution in [0.3, 0.4) is 0 Å². The lowest BCUT2D eigenvalue weighted by molar-refractivity contribution is -0.139. The van der Waals surface area contributed by atoms with Crippen LogP contribution in [0.2, 0.25) is 5.02 Å². The van der Waals surface area contributed by atoms with Crippen molar-refractivity contribution in [2.75, 3.05) is 6.54 Å². The van der Waals surface area contributed by atoms with Gasteiger partial charge in [0.1, 0.15) is 6.04 Å². The van der Waals surface area contributed by atoms with Crippen molar-refractivity contribution < 1.29 is 9.90 Å². The summed E-state index contributed by atoms with van der Waals surface area (Å²) in [5.41, 5.74) is 0.636. The van der Waals surface area contributed by atoms with Gasteiger partial charge < -0.3 is 5.11 Å². The molecule has 0 spiro atoms. The first-order valence-electron chi connectivity index (χ1n) is 4.47. The number of benzene rings is 1. The third kappa shape index (κ3) is 3.38. The third-order valence-electron chi connectivity index (χ3n) is 1.90. The second-order valence-corrected chi connectivity index (χ2v) is 3.46. The van der Waals surface area contributed by atoms with Gasteiger partial charge in [-0.05, 0) is 17.7 Å². The molecule has 4 heteroatoms. The van der Waals surface area contributed by atoms with E-state index in [0.717, 1.165) is 0 Å². The molecule has 0 heterocycles. The zero-order valence-electron chi connectivity index (χ0n) is 8.11. The van der Waals surface area contributed by atoms with Crippen molar-refractivity contribution in [1.29, 1.82) is 0 Å². The SMILES string of the molecule is C=CCNC(C(=O)O)c1cccc(Cl)c1. The van der Waals surface area contributed by atoms with Gasteiger partial charge in [-0.3, -0.25) is 10.1 Å². The summed E-state index contributed by atoms with van der Waals surface area (Å²) in [4.78, 5) is 11.0. The molecule has 0 saturated heterocycles. The van der Waals surface area contributed by atoms with Crippen molar-refractivity contribution >= 4 is 17.6 Å². The Morgan fingerprint density at radius 2 is 2.40 bits per heavy atom. The average Bonchev–Trinajstić information content (AvgIpc) is 2.18. The summed E-state index contributed by atoms with van der Waals surface area (Å²) in [7, 11) is 0. The Bertz CT molecular complexity index is 365. The fourth-order valence-corrected chi connectivity index (χ4v) is 1.43. The largest absolute Gasteiger partial charge is 0.480 e. The molecular weight excluding hydrogens is 214 g/mol. The number of rotatable bonds is 5. The molecule has 0 saturated carbocycles. The molecule has 3 nitrogen and oxygen atoms in total. The highest BCUT2D eigenvalue weighted by Crippen LogP contribution is 2.17. The van der Waals surface area contributed by atoms with E-state index in [1.807, 2.05) is 0 Å². The van der Waals surface area contributed by atoms with Gasteiger partial charge in [-0.15, -0.1) is 6.58 Å². The zero-order valence-corrected chi connectivity index (χ0v) is 8.87. The van der Waals surface area contributed by atoms with Gasteiger partial charge in [0.2, 0.25) is 0 Å². The van der Waals surface area contributed by atoms with Gasteiger partial charge in [-0.2, -0.15) is 0 Å². The average molecular weight is 226 g/mol. The van der Waals surface area contributed by atoms with Crippen LogP contribution in [-0.4, -0.2) is 17.6 Å². The summed E-state index contributed by atoms with van der Waals surface area (Å²) in [5.74, 6) is -0.931. The maximum atomic E-state index is 11.0. The van der Waals surface area contributed by atoms with Crippen LogP contribution in [0.15, 0.2) is 36.9 Å². The van der Waals surface area contributed by atoms with Gasteiger partial charge in [-0.1, -0.05) is 29.8 Å². The van der Waals surface area contributed by atoms with Crippen LogP contribution in [0.25, 0.3) is 0 Å². The van der Waals surface area contributed by atoms with Crippen LogP contribution >= 0.6 is 11.6 Å². The number of nitrogens with one attached hydrogen (secondary N) is 1. The predicted molar refractivity (Wildman–Crippen MR) is 60.0 cm³/mol. The van der Waals surface area contributed by atoms with Crippen molar-refractivity contribution in [3.63, 3.8) is 0 Å². The first kappa shape index (κ1) is 11.8. The van der Waals surface area contributed by atoms with Crippen molar-refractivity contribution in [3.05, 3.63) is 47.5 Å². The van der Waals surface area contributed by atoms with Gasteiger partial charge in [-0.25, -0.2) is 0 Å². The van der Waals surface area contributed by atoms with Crippen LogP contribution in [0, 0.1) is 0 Å². The van der Waals surface area contributed by atoms with Crippen molar-refractivity contribution in [2.45, 2.75) is 6.04 Å². The number of carbonyl (C=O) groups is 1. The highest BCUT2D eigenvalue weighted by Gasteiger charge is 2.18.